The van der Waals surface area contributed by atoms with Gasteiger partial charge in [0.15, 0.2) is 0 Å². The van der Waals surface area contributed by atoms with E-state index < -0.39 is 15.2 Å². The number of hydrogen-bond donors (Lipinski definition) is 0. The summed E-state index contributed by atoms with van der Waals surface area (Å²) < 4.78 is 59.5. The summed E-state index contributed by atoms with van der Waals surface area (Å²) >= 11 is 0. The van der Waals surface area contributed by atoms with E-state index in [1.165, 1.54) is 7.11 Å². The molecular weight excluding hydrogens is 442 g/mol. The first-order chi connectivity index (χ1) is 14.8. The third-order valence-electron chi connectivity index (χ3n) is 4.25. The van der Waals surface area contributed by atoms with Crippen molar-refractivity contribution < 1.29 is 36.7 Å². The van der Waals surface area contributed by atoms with Gasteiger partial charge < -0.3 is 27.6 Å². The molecule has 0 aliphatic rings. The van der Waals surface area contributed by atoms with Crippen molar-refractivity contribution >= 4 is 15.2 Å². The molecule has 0 aliphatic heterocycles. The smallest absolute Gasteiger partial charge is 0.335 e. The molecule has 0 bridgehead atoms. The van der Waals surface area contributed by atoms with Crippen molar-refractivity contribution in [3.8, 4) is 11.5 Å². The van der Waals surface area contributed by atoms with Gasteiger partial charge in [-0.05, 0) is 46.2 Å². The van der Waals surface area contributed by atoms with Crippen molar-refractivity contribution in [2.75, 3.05) is 40.1 Å². The predicted molar refractivity (Wildman–Crippen MR) is 123 cm³/mol. The molecule has 0 aliphatic carbocycles. The average molecular weight is 480 g/mol. The summed E-state index contributed by atoms with van der Waals surface area (Å²) in [4.78, 5) is 0. The minimum atomic E-state index is -3.35. The van der Waals surface area contributed by atoms with Crippen LogP contribution in [0.1, 0.15) is 58.6 Å². The van der Waals surface area contributed by atoms with E-state index in [1.807, 2.05) is 0 Å². The van der Waals surface area contributed by atoms with E-state index >= 15 is 0 Å². The highest BCUT2D eigenvalue weighted by Gasteiger charge is 2.30. The molecule has 0 heterocycles. The molecule has 1 aromatic rings. The molecule has 1 aromatic carbocycles. The Bertz CT molecular complexity index is 733. The zero-order valence-corrected chi connectivity index (χ0v) is 21.5. The lowest BCUT2D eigenvalue weighted by atomic mass is 10.1. The SMILES string of the molecule is CCCCOc1cc(CP(=O)(OCC)OCC)c(OC)cc1CP(=O)(OCC)OCC. The van der Waals surface area contributed by atoms with E-state index in [0.717, 1.165) is 12.8 Å². The highest BCUT2D eigenvalue weighted by Crippen LogP contribution is 2.55. The number of rotatable bonds is 17. The molecule has 0 unspecified atom stereocenters. The van der Waals surface area contributed by atoms with Crippen molar-refractivity contribution in [2.45, 2.75) is 59.8 Å². The van der Waals surface area contributed by atoms with Crippen molar-refractivity contribution in [3.05, 3.63) is 23.3 Å². The Labute approximate surface area is 187 Å². The maximum atomic E-state index is 13.1. The molecule has 10 heteroatoms. The van der Waals surface area contributed by atoms with Crippen LogP contribution in [0.5, 0.6) is 11.5 Å². The molecule has 180 valence electrons. The highest BCUT2D eigenvalue weighted by molar-refractivity contribution is 7.53. The topological polar surface area (TPSA) is 89.5 Å². The van der Waals surface area contributed by atoms with Crippen LogP contribution in [0.3, 0.4) is 0 Å². The first-order valence-corrected chi connectivity index (χ1v) is 14.3. The molecule has 0 saturated heterocycles. The number of hydrogen-bond acceptors (Lipinski definition) is 8. The molecule has 0 radical (unpaired) electrons. The maximum absolute atomic E-state index is 13.1. The largest absolute Gasteiger partial charge is 0.496 e. The molecular formula is C21H38O8P2. The zero-order chi connectivity index (χ0) is 23.3. The summed E-state index contributed by atoms with van der Waals surface area (Å²) in [6, 6.07) is 3.50. The molecule has 0 fully saturated rings. The van der Waals surface area contributed by atoms with Gasteiger partial charge >= 0.3 is 15.2 Å². The number of unbranched alkanes of at least 4 members (excludes halogenated alkanes) is 1. The fourth-order valence-electron chi connectivity index (χ4n) is 3.00. The van der Waals surface area contributed by atoms with E-state index in [0.29, 0.717) is 29.2 Å². The van der Waals surface area contributed by atoms with Gasteiger partial charge in [0.2, 0.25) is 0 Å². The lowest BCUT2D eigenvalue weighted by molar-refractivity contribution is 0.217. The second-order valence-corrected chi connectivity index (χ2v) is 10.8. The van der Waals surface area contributed by atoms with E-state index in [2.05, 4.69) is 6.92 Å². The van der Waals surface area contributed by atoms with Crippen molar-refractivity contribution in [2.24, 2.45) is 0 Å². The molecule has 0 spiro atoms. The fourth-order valence-corrected chi connectivity index (χ4v) is 6.42. The molecule has 0 N–H and O–H groups in total. The second kappa shape index (κ2) is 14.3. The van der Waals surface area contributed by atoms with Gasteiger partial charge in [-0.1, -0.05) is 13.3 Å². The second-order valence-electron chi connectivity index (χ2n) is 6.68. The Morgan fingerprint density at radius 1 is 0.710 bits per heavy atom. The zero-order valence-electron chi connectivity index (χ0n) is 19.7. The lowest BCUT2D eigenvalue weighted by Crippen LogP contribution is -2.06. The van der Waals surface area contributed by atoms with Crippen molar-refractivity contribution in [1.29, 1.82) is 0 Å². The van der Waals surface area contributed by atoms with Crippen LogP contribution < -0.4 is 9.47 Å². The minimum absolute atomic E-state index is 0.0385. The highest BCUT2D eigenvalue weighted by atomic mass is 31.2. The van der Waals surface area contributed by atoms with E-state index in [1.54, 1.807) is 39.8 Å². The number of ether oxygens (including phenoxy) is 2. The van der Waals surface area contributed by atoms with Crippen LogP contribution in [-0.2, 0) is 39.5 Å². The van der Waals surface area contributed by atoms with Gasteiger partial charge in [-0.3, -0.25) is 9.13 Å². The van der Waals surface area contributed by atoms with Crippen LogP contribution in [0.25, 0.3) is 0 Å². The minimum Gasteiger partial charge on any atom is -0.496 e. The van der Waals surface area contributed by atoms with Gasteiger partial charge in [0, 0.05) is 11.1 Å². The van der Waals surface area contributed by atoms with Crippen LogP contribution >= 0.6 is 15.2 Å². The van der Waals surface area contributed by atoms with E-state index in [4.69, 9.17) is 27.6 Å². The monoisotopic (exact) mass is 480 g/mol. The van der Waals surface area contributed by atoms with E-state index in [9.17, 15) is 9.13 Å². The lowest BCUT2D eigenvalue weighted by Gasteiger charge is -2.22. The first kappa shape index (κ1) is 28.2. The third kappa shape index (κ3) is 9.25. The van der Waals surface area contributed by atoms with E-state index in [-0.39, 0.29) is 38.8 Å². The maximum Gasteiger partial charge on any atom is 0.335 e. The molecule has 8 nitrogen and oxygen atoms in total. The van der Waals surface area contributed by atoms with Gasteiger partial charge in [-0.2, -0.15) is 0 Å². The normalized spacial score (nSPS) is 12.2. The van der Waals surface area contributed by atoms with Gasteiger partial charge in [-0.25, -0.2) is 0 Å². The summed E-state index contributed by atoms with van der Waals surface area (Å²) in [6.07, 6.45) is 1.92. The summed E-state index contributed by atoms with van der Waals surface area (Å²) in [5.74, 6) is 1.01. The third-order valence-corrected chi connectivity index (χ3v) is 8.31. The Morgan fingerprint density at radius 3 is 1.52 bits per heavy atom. The number of methoxy groups -OCH3 is 1. The van der Waals surface area contributed by atoms with Crippen LogP contribution in [0, 0.1) is 0 Å². The standard InChI is InChI=1S/C21H38O8P2/c1-7-12-13-25-21-15-18(16-30(22,26-8-2)27-9-3)20(24-6)14-19(21)17-31(23,28-10-4)29-11-5/h14-15H,7-13,16-17H2,1-6H3. The molecule has 31 heavy (non-hydrogen) atoms. The summed E-state index contributed by atoms with van der Waals surface area (Å²) in [6.45, 7) is 10.7. The first-order valence-electron chi connectivity index (χ1n) is 10.9. The Balaban J connectivity index is 3.40. The molecule has 0 saturated carbocycles. The predicted octanol–water partition coefficient (Wildman–Crippen LogP) is 6.41. The summed E-state index contributed by atoms with van der Waals surface area (Å²) in [5.41, 5.74) is 1.27. The van der Waals surface area contributed by atoms with Crippen LogP contribution in [0.2, 0.25) is 0 Å². The van der Waals surface area contributed by atoms with Gasteiger partial charge in [0.1, 0.15) is 11.5 Å². The fraction of sp³-hybridized carbons (Fsp3) is 0.714. The number of benzene rings is 1. The molecule has 1 rings (SSSR count). The quantitative estimate of drug-likeness (QED) is 0.187. The molecule has 0 atom stereocenters. The van der Waals surface area contributed by atoms with Gasteiger partial charge in [-0.15, -0.1) is 0 Å². The van der Waals surface area contributed by atoms with Gasteiger partial charge in [0.05, 0.1) is 52.5 Å². The summed E-state index contributed by atoms with van der Waals surface area (Å²) in [7, 11) is -5.18. The Morgan fingerprint density at radius 2 is 1.13 bits per heavy atom. The molecule has 0 amide bonds. The van der Waals surface area contributed by atoms with Gasteiger partial charge in [0.25, 0.3) is 0 Å². The van der Waals surface area contributed by atoms with Crippen molar-refractivity contribution in [3.63, 3.8) is 0 Å². The Kier molecular flexibility index (Phi) is 13.0. The van der Waals surface area contributed by atoms with Crippen LogP contribution in [0.15, 0.2) is 12.1 Å². The summed E-state index contributed by atoms with van der Waals surface area (Å²) in [5, 5.41) is 0. The van der Waals surface area contributed by atoms with Crippen LogP contribution in [-0.4, -0.2) is 40.1 Å². The Hall–Kier alpha value is -0.880. The molecule has 0 aromatic heterocycles. The van der Waals surface area contributed by atoms with Crippen LogP contribution in [0.4, 0.5) is 0 Å². The van der Waals surface area contributed by atoms with Crippen molar-refractivity contribution in [1.82, 2.24) is 0 Å². The average Bonchev–Trinajstić information content (AvgIpc) is 2.70.